The van der Waals surface area contributed by atoms with E-state index in [2.05, 4.69) is 28.6 Å². The highest BCUT2D eigenvalue weighted by molar-refractivity contribution is 9.10. The van der Waals surface area contributed by atoms with Gasteiger partial charge in [-0.25, -0.2) is 0 Å². The van der Waals surface area contributed by atoms with Crippen molar-refractivity contribution in [2.75, 3.05) is 5.88 Å². The van der Waals surface area contributed by atoms with Crippen molar-refractivity contribution >= 4 is 45.9 Å². The summed E-state index contributed by atoms with van der Waals surface area (Å²) >= 11 is 13.0. The zero-order chi connectivity index (χ0) is 9.84. The van der Waals surface area contributed by atoms with Gasteiger partial charge in [-0.1, -0.05) is 22.0 Å². The largest absolute Gasteiger partial charge is 0.294 e. The molecule has 0 unspecified atom stereocenters. The van der Waals surface area contributed by atoms with Gasteiger partial charge in [-0.05, 0) is 12.1 Å². The van der Waals surface area contributed by atoms with Gasteiger partial charge in [0.1, 0.15) is 0 Å². The molecule has 0 heterocycles. The number of alkyl halides is 1. The standard InChI is InChI=1S/C9H8BrClOS/c10-6-2-1-3-8(13)9(6)7(12)4-5-11/h1-3,13H,4-5H2. The van der Waals surface area contributed by atoms with Crippen LogP contribution in [0.25, 0.3) is 0 Å². The van der Waals surface area contributed by atoms with Crippen LogP contribution < -0.4 is 0 Å². The maximum absolute atomic E-state index is 11.5. The lowest BCUT2D eigenvalue weighted by Crippen LogP contribution is -2.02. The second-order valence-corrected chi connectivity index (χ2v) is 4.21. The van der Waals surface area contributed by atoms with Gasteiger partial charge < -0.3 is 0 Å². The van der Waals surface area contributed by atoms with Crippen molar-refractivity contribution in [3.8, 4) is 0 Å². The van der Waals surface area contributed by atoms with Gasteiger partial charge in [0.25, 0.3) is 0 Å². The Morgan fingerprint density at radius 2 is 2.23 bits per heavy atom. The normalized spacial score (nSPS) is 10.1. The molecule has 0 aliphatic heterocycles. The highest BCUT2D eigenvalue weighted by Gasteiger charge is 2.11. The van der Waals surface area contributed by atoms with E-state index in [1.807, 2.05) is 12.1 Å². The number of hydrogen-bond acceptors (Lipinski definition) is 2. The van der Waals surface area contributed by atoms with Crippen LogP contribution in [0.15, 0.2) is 27.6 Å². The van der Waals surface area contributed by atoms with Crippen LogP contribution in [0.5, 0.6) is 0 Å². The SMILES string of the molecule is O=C(CCCl)c1c(S)cccc1Br. The zero-order valence-corrected chi connectivity index (χ0v) is 9.99. The van der Waals surface area contributed by atoms with Crippen LogP contribution in [-0.2, 0) is 0 Å². The van der Waals surface area contributed by atoms with E-state index in [1.54, 1.807) is 6.07 Å². The predicted molar refractivity (Wildman–Crippen MR) is 61.1 cm³/mol. The first-order valence-corrected chi connectivity index (χ1v) is 5.51. The van der Waals surface area contributed by atoms with Gasteiger partial charge in [-0.3, -0.25) is 4.79 Å². The Bertz CT molecular complexity index is 307. The second kappa shape index (κ2) is 5.03. The van der Waals surface area contributed by atoms with Crippen molar-refractivity contribution < 1.29 is 4.79 Å². The molecule has 0 saturated carbocycles. The maximum atomic E-state index is 11.5. The molecule has 1 aromatic rings. The van der Waals surface area contributed by atoms with Crippen molar-refractivity contribution in [3.05, 3.63) is 28.2 Å². The molecule has 0 N–H and O–H groups in total. The molecule has 0 saturated heterocycles. The minimum absolute atomic E-state index is 0.0208. The molecule has 0 fully saturated rings. The number of Topliss-reactive ketones (excluding diaryl/α,β-unsaturated/α-hetero) is 1. The first kappa shape index (κ1) is 11.1. The average Bonchev–Trinajstić information content (AvgIpc) is 2.04. The molecule has 13 heavy (non-hydrogen) atoms. The van der Waals surface area contributed by atoms with Gasteiger partial charge in [-0.2, -0.15) is 0 Å². The van der Waals surface area contributed by atoms with Gasteiger partial charge in [0.2, 0.25) is 0 Å². The summed E-state index contributed by atoms with van der Waals surface area (Å²) in [4.78, 5) is 12.2. The summed E-state index contributed by atoms with van der Waals surface area (Å²) in [6, 6.07) is 5.44. The van der Waals surface area contributed by atoms with Crippen LogP contribution in [-0.4, -0.2) is 11.7 Å². The quantitative estimate of drug-likeness (QED) is 0.509. The van der Waals surface area contributed by atoms with Crippen LogP contribution in [0.3, 0.4) is 0 Å². The lowest BCUT2D eigenvalue weighted by atomic mass is 10.1. The summed E-state index contributed by atoms with van der Waals surface area (Å²) < 4.78 is 0.773. The van der Waals surface area contributed by atoms with E-state index >= 15 is 0 Å². The molecular formula is C9H8BrClOS. The first-order valence-electron chi connectivity index (χ1n) is 3.73. The number of carbonyl (C=O) groups excluding carboxylic acids is 1. The molecule has 0 spiro atoms. The summed E-state index contributed by atoms with van der Waals surface area (Å²) in [6.45, 7) is 0. The van der Waals surface area contributed by atoms with E-state index < -0.39 is 0 Å². The molecular weight excluding hydrogens is 272 g/mol. The van der Waals surface area contributed by atoms with Gasteiger partial charge in [0.05, 0.1) is 0 Å². The summed E-state index contributed by atoms with van der Waals surface area (Å²) in [5.74, 6) is 0.361. The van der Waals surface area contributed by atoms with Crippen molar-refractivity contribution in [2.24, 2.45) is 0 Å². The van der Waals surface area contributed by atoms with E-state index in [0.29, 0.717) is 22.8 Å². The second-order valence-electron chi connectivity index (χ2n) is 2.50. The maximum Gasteiger partial charge on any atom is 0.166 e. The van der Waals surface area contributed by atoms with Crippen LogP contribution >= 0.6 is 40.2 Å². The minimum atomic E-state index is 0.0208. The van der Waals surface area contributed by atoms with E-state index in [4.69, 9.17) is 11.6 Å². The molecule has 0 aliphatic carbocycles. The number of thiol groups is 1. The number of ketones is 1. The number of halogens is 2. The molecule has 0 amide bonds. The van der Waals surface area contributed by atoms with Crippen molar-refractivity contribution in [3.63, 3.8) is 0 Å². The molecule has 0 atom stereocenters. The Morgan fingerprint density at radius 1 is 1.54 bits per heavy atom. The smallest absolute Gasteiger partial charge is 0.166 e. The van der Waals surface area contributed by atoms with Crippen LogP contribution in [0, 0.1) is 0 Å². The molecule has 0 aromatic heterocycles. The van der Waals surface area contributed by atoms with Gasteiger partial charge in [-0.15, -0.1) is 24.2 Å². The summed E-state index contributed by atoms with van der Waals surface area (Å²) in [5, 5.41) is 0. The number of carbonyl (C=O) groups is 1. The zero-order valence-electron chi connectivity index (χ0n) is 6.76. The fourth-order valence-electron chi connectivity index (χ4n) is 1.000. The van der Waals surface area contributed by atoms with Crippen molar-refractivity contribution in [2.45, 2.75) is 11.3 Å². The predicted octanol–water partition coefficient (Wildman–Crippen LogP) is 3.55. The van der Waals surface area contributed by atoms with Gasteiger partial charge in [0.15, 0.2) is 5.78 Å². The summed E-state index contributed by atoms with van der Waals surface area (Å²) in [7, 11) is 0. The Hall–Kier alpha value is 0.01000. The topological polar surface area (TPSA) is 17.1 Å². The lowest BCUT2D eigenvalue weighted by Gasteiger charge is -2.04. The lowest BCUT2D eigenvalue weighted by molar-refractivity contribution is 0.0985. The highest BCUT2D eigenvalue weighted by Crippen LogP contribution is 2.24. The molecule has 0 bridgehead atoms. The Balaban J connectivity index is 3.05. The van der Waals surface area contributed by atoms with E-state index in [-0.39, 0.29) is 5.78 Å². The number of benzene rings is 1. The van der Waals surface area contributed by atoms with Crippen LogP contribution in [0.2, 0.25) is 0 Å². The Morgan fingerprint density at radius 3 is 2.77 bits per heavy atom. The van der Waals surface area contributed by atoms with E-state index in [1.165, 1.54) is 0 Å². The third-order valence-electron chi connectivity index (χ3n) is 1.59. The van der Waals surface area contributed by atoms with Crippen LogP contribution in [0.4, 0.5) is 0 Å². The van der Waals surface area contributed by atoms with E-state index in [0.717, 1.165) is 4.47 Å². The van der Waals surface area contributed by atoms with Crippen molar-refractivity contribution in [1.82, 2.24) is 0 Å². The molecule has 1 rings (SSSR count). The minimum Gasteiger partial charge on any atom is -0.294 e. The van der Waals surface area contributed by atoms with Gasteiger partial charge in [0, 0.05) is 27.2 Å². The highest BCUT2D eigenvalue weighted by atomic mass is 79.9. The molecule has 0 aliphatic rings. The summed E-state index contributed by atoms with van der Waals surface area (Å²) in [5.41, 5.74) is 0.617. The molecule has 0 radical (unpaired) electrons. The van der Waals surface area contributed by atoms with Crippen LogP contribution in [0.1, 0.15) is 16.8 Å². The number of rotatable bonds is 3. The Labute approximate surface area is 96.0 Å². The Kier molecular flexibility index (Phi) is 4.29. The third kappa shape index (κ3) is 2.73. The molecule has 1 aromatic carbocycles. The fourth-order valence-corrected chi connectivity index (χ4v) is 2.24. The monoisotopic (exact) mass is 278 g/mol. The van der Waals surface area contributed by atoms with Crippen molar-refractivity contribution in [1.29, 1.82) is 0 Å². The summed E-state index contributed by atoms with van der Waals surface area (Å²) in [6.07, 6.45) is 0.345. The average molecular weight is 280 g/mol. The van der Waals surface area contributed by atoms with E-state index in [9.17, 15) is 4.79 Å². The van der Waals surface area contributed by atoms with Gasteiger partial charge >= 0.3 is 0 Å². The molecule has 70 valence electrons. The third-order valence-corrected chi connectivity index (χ3v) is 2.81. The number of hydrogen-bond donors (Lipinski definition) is 1. The first-order chi connectivity index (χ1) is 6.16. The fraction of sp³-hybridized carbons (Fsp3) is 0.222. The molecule has 1 nitrogen and oxygen atoms in total. The molecule has 4 heteroatoms.